The van der Waals surface area contributed by atoms with Gasteiger partial charge in [-0.1, -0.05) is 19.1 Å². The van der Waals surface area contributed by atoms with Crippen molar-refractivity contribution < 1.29 is 9.18 Å². The Balaban J connectivity index is 2.43. The van der Waals surface area contributed by atoms with Crippen molar-refractivity contribution >= 4 is 5.91 Å². The van der Waals surface area contributed by atoms with E-state index in [0.717, 1.165) is 18.5 Å². The van der Waals surface area contributed by atoms with Crippen LogP contribution in [0, 0.1) is 5.82 Å². The highest BCUT2D eigenvalue weighted by Gasteiger charge is 2.08. The molecule has 0 spiro atoms. The van der Waals surface area contributed by atoms with Gasteiger partial charge in [-0.25, -0.2) is 4.39 Å². The van der Waals surface area contributed by atoms with Crippen LogP contribution in [0.25, 0.3) is 0 Å². The van der Waals surface area contributed by atoms with Gasteiger partial charge in [-0.05, 0) is 30.7 Å². The zero-order valence-electron chi connectivity index (χ0n) is 10.4. The number of nitrogens with one attached hydrogen (secondary N) is 1. The standard InChI is InChI=1S/C13H19FN2O/c1-3-7-15-9-13(17)16(2)10-11-5-4-6-12(14)8-11/h4-6,8,15H,3,7,9-10H2,1-2H3. The Morgan fingerprint density at radius 1 is 1.47 bits per heavy atom. The normalized spacial score (nSPS) is 10.3. The molecule has 94 valence electrons. The highest BCUT2D eigenvalue weighted by atomic mass is 19.1. The molecule has 0 unspecified atom stereocenters. The molecular formula is C13H19FN2O. The van der Waals surface area contributed by atoms with E-state index >= 15 is 0 Å². The number of halogens is 1. The molecule has 1 rings (SSSR count). The molecule has 0 aromatic heterocycles. The summed E-state index contributed by atoms with van der Waals surface area (Å²) in [5, 5.41) is 3.05. The molecule has 0 bridgehead atoms. The van der Waals surface area contributed by atoms with Crippen LogP contribution in [0.3, 0.4) is 0 Å². The molecule has 0 atom stereocenters. The predicted molar refractivity (Wildman–Crippen MR) is 66.0 cm³/mol. The van der Waals surface area contributed by atoms with E-state index in [1.807, 2.05) is 13.0 Å². The van der Waals surface area contributed by atoms with Crippen molar-refractivity contribution in [2.24, 2.45) is 0 Å². The molecule has 0 fully saturated rings. The average Bonchev–Trinajstić information content (AvgIpc) is 2.29. The van der Waals surface area contributed by atoms with Gasteiger partial charge in [0.05, 0.1) is 6.54 Å². The van der Waals surface area contributed by atoms with Crippen LogP contribution in [0.5, 0.6) is 0 Å². The van der Waals surface area contributed by atoms with Gasteiger partial charge in [-0.3, -0.25) is 4.79 Å². The van der Waals surface area contributed by atoms with Gasteiger partial charge in [0, 0.05) is 13.6 Å². The molecule has 0 aliphatic carbocycles. The third kappa shape index (κ3) is 4.95. The van der Waals surface area contributed by atoms with Gasteiger partial charge in [0.25, 0.3) is 0 Å². The van der Waals surface area contributed by atoms with Gasteiger partial charge in [0.1, 0.15) is 5.82 Å². The largest absolute Gasteiger partial charge is 0.340 e. The lowest BCUT2D eigenvalue weighted by Crippen LogP contribution is -2.35. The molecule has 0 heterocycles. The zero-order valence-corrected chi connectivity index (χ0v) is 10.4. The first-order valence-corrected chi connectivity index (χ1v) is 5.82. The first kappa shape index (κ1) is 13.6. The molecule has 1 aromatic rings. The third-order valence-corrected chi connectivity index (χ3v) is 2.44. The lowest BCUT2D eigenvalue weighted by atomic mass is 10.2. The molecule has 0 radical (unpaired) electrons. The van der Waals surface area contributed by atoms with E-state index in [2.05, 4.69) is 5.32 Å². The van der Waals surface area contributed by atoms with Crippen LogP contribution in [-0.4, -0.2) is 30.9 Å². The summed E-state index contributed by atoms with van der Waals surface area (Å²) >= 11 is 0. The Labute approximate surface area is 102 Å². The van der Waals surface area contributed by atoms with E-state index in [1.54, 1.807) is 18.0 Å². The third-order valence-electron chi connectivity index (χ3n) is 2.44. The van der Waals surface area contributed by atoms with E-state index in [9.17, 15) is 9.18 Å². The highest BCUT2D eigenvalue weighted by Crippen LogP contribution is 2.06. The number of rotatable bonds is 6. The number of carbonyl (C=O) groups excluding carboxylic acids is 1. The average molecular weight is 238 g/mol. The predicted octanol–water partition coefficient (Wildman–Crippen LogP) is 1.78. The maximum atomic E-state index is 13.0. The summed E-state index contributed by atoms with van der Waals surface area (Å²) in [4.78, 5) is 13.3. The summed E-state index contributed by atoms with van der Waals surface area (Å²) in [5.74, 6) is -0.254. The van der Waals surface area contributed by atoms with Crippen LogP contribution < -0.4 is 5.32 Å². The van der Waals surface area contributed by atoms with Crippen molar-refractivity contribution in [3.05, 3.63) is 35.6 Å². The van der Waals surface area contributed by atoms with E-state index < -0.39 is 0 Å². The topological polar surface area (TPSA) is 32.3 Å². The fraction of sp³-hybridized carbons (Fsp3) is 0.462. The Bertz CT molecular complexity index is 368. The number of amides is 1. The molecule has 0 saturated heterocycles. The van der Waals surface area contributed by atoms with Gasteiger partial charge in [-0.2, -0.15) is 0 Å². The van der Waals surface area contributed by atoms with Gasteiger partial charge in [0.2, 0.25) is 5.91 Å². The zero-order chi connectivity index (χ0) is 12.7. The van der Waals surface area contributed by atoms with E-state index in [4.69, 9.17) is 0 Å². The molecule has 0 saturated carbocycles. The second-order valence-corrected chi connectivity index (χ2v) is 4.06. The van der Waals surface area contributed by atoms with Crippen LogP contribution in [-0.2, 0) is 11.3 Å². The second-order valence-electron chi connectivity index (χ2n) is 4.06. The smallest absolute Gasteiger partial charge is 0.236 e. The Morgan fingerprint density at radius 3 is 2.88 bits per heavy atom. The van der Waals surface area contributed by atoms with Crippen LogP contribution >= 0.6 is 0 Å². The van der Waals surface area contributed by atoms with Crippen molar-refractivity contribution in [2.45, 2.75) is 19.9 Å². The Kier molecular flexibility index (Phi) is 5.63. The molecule has 1 aromatic carbocycles. The molecule has 0 aliphatic rings. The van der Waals surface area contributed by atoms with E-state index in [1.165, 1.54) is 12.1 Å². The fourth-order valence-electron chi connectivity index (χ4n) is 1.50. The quantitative estimate of drug-likeness (QED) is 0.766. The molecule has 0 aliphatic heterocycles. The first-order chi connectivity index (χ1) is 8.13. The van der Waals surface area contributed by atoms with E-state index in [-0.39, 0.29) is 11.7 Å². The summed E-state index contributed by atoms with van der Waals surface area (Å²) in [6, 6.07) is 6.31. The summed E-state index contributed by atoms with van der Waals surface area (Å²) in [6.07, 6.45) is 1.00. The number of benzene rings is 1. The number of nitrogens with zero attached hydrogens (tertiary/aromatic N) is 1. The SMILES string of the molecule is CCCNCC(=O)N(C)Cc1cccc(F)c1. The van der Waals surface area contributed by atoms with Gasteiger partial charge >= 0.3 is 0 Å². The lowest BCUT2D eigenvalue weighted by molar-refractivity contribution is -0.129. The Hall–Kier alpha value is -1.42. The first-order valence-electron chi connectivity index (χ1n) is 5.82. The van der Waals surface area contributed by atoms with Crippen LogP contribution in [0.1, 0.15) is 18.9 Å². The number of hydrogen-bond donors (Lipinski definition) is 1. The maximum Gasteiger partial charge on any atom is 0.236 e. The van der Waals surface area contributed by atoms with Gasteiger partial charge in [0.15, 0.2) is 0 Å². The van der Waals surface area contributed by atoms with Crippen molar-refractivity contribution in [3.63, 3.8) is 0 Å². The minimum atomic E-state index is -0.271. The minimum Gasteiger partial charge on any atom is -0.340 e. The summed E-state index contributed by atoms with van der Waals surface area (Å²) < 4.78 is 13.0. The minimum absolute atomic E-state index is 0.0164. The summed E-state index contributed by atoms with van der Waals surface area (Å²) in [5.41, 5.74) is 0.802. The number of carbonyl (C=O) groups is 1. The maximum absolute atomic E-state index is 13.0. The van der Waals surface area contributed by atoms with Gasteiger partial charge in [-0.15, -0.1) is 0 Å². The Morgan fingerprint density at radius 2 is 2.24 bits per heavy atom. The van der Waals surface area contributed by atoms with E-state index in [0.29, 0.717) is 13.1 Å². The van der Waals surface area contributed by atoms with Crippen LogP contribution in [0.15, 0.2) is 24.3 Å². The molecule has 1 N–H and O–H groups in total. The second kappa shape index (κ2) is 7.01. The van der Waals surface area contributed by atoms with Crippen LogP contribution in [0.2, 0.25) is 0 Å². The molecule has 17 heavy (non-hydrogen) atoms. The summed E-state index contributed by atoms with van der Waals surface area (Å²) in [7, 11) is 1.72. The molecule has 4 heteroatoms. The lowest BCUT2D eigenvalue weighted by Gasteiger charge is -2.17. The molecule has 3 nitrogen and oxygen atoms in total. The van der Waals surface area contributed by atoms with Crippen molar-refractivity contribution in [3.8, 4) is 0 Å². The van der Waals surface area contributed by atoms with Crippen LogP contribution in [0.4, 0.5) is 4.39 Å². The fourth-order valence-corrected chi connectivity index (χ4v) is 1.50. The summed E-state index contributed by atoms with van der Waals surface area (Å²) in [6.45, 7) is 3.65. The van der Waals surface area contributed by atoms with Crippen molar-refractivity contribution in [2.75, 3.05) is 20.1 Å². The highest BCUT2D eigenvalue weighted by molar-refractivity contribution is 5.77. The monoisotopic (exact) mass is 238 g/mol. The molecular weight excluding hydrogens is 219 g/mol. The van der Waals surface area contributed by atoms with Crippen molar-refractivity contribution in [1.82, 2.24) is 10.2 Å². The molecule has 1 amide bonds. The van der Waals surface area contributed by atoms with Gasteiger partial charge < -0.3 is 10.2 Å². The van der Waals surface area contributed by atoms with Crippen molar-refractivity contribution in [1.29, 1.82) is 0 Å². The number of likely N-dealkylation sites (N-methyl/N-ethyl adjacent to an activating group) is 1. The number of hydrogen-bond acceptors (Lipinski definition) is 2.